The first-order valence-electron chi connectivity index (χ1n) is 10.00. The average molecular weight is 372 g/mol. The number of aldehydes is 1. The second-order valence-corrected chi connectivity index (χ2v) is 7.49. The highest BCUT2D eigenvalue weighted by Gasteiger charge is 2.33. The maximum Gasteiger partial charge on any atom is 0.134 e. The summed E-state index contributed by atoms with van der Waals surface area (Å²) in [4.78, 5) is 14.8. The number of benzene rings is 3. The Bertz CT molecular complexity index is 806. The SMILES string of the molecule is CC(c1ccccc1)N(C)CCCC(C=O)(c1ccccc1)c1ccccc1. The van der Waals surface area contributed by atoms with E-state index in [4.69, 9.17) is 0 Å². The molecule has 0 aliphatic heterocycles. The highest BCUT2D eigenvalue weighted by atomic mass is 16.1. The molecular weight excluding hydrogens is 342 g/mol. The summed E-state index contributed by atoms with van der Waals surface area (Å²) in [5.41, 5.74) is 2.85. The van der Waals surface area contributed by atoms with Crippen LogP contribution in [0.25, 0.3) is 0 Å². The third-order valence-corrected chi connectivity index (χ3v) is 5.80. The molecule has 0 heterocycles. The lowest BCUT2D eigenvalue weighted by molar-refractivity contribution is -0.111. The van der Waals surface area contributed by atoms with Crippen LogP contribution in [0.15, 0.2) is 91.0 Å². The van der Waals surface area contributed by atoms with Crippen LogP contribution >= 0.6 is 0 Å². The molecule has 0 saturated carbocycles. The highest BCUT2D eigenvalue weighted by Crippen LogP contribution is 2.35. The molecule has 0 spiro atoms. The Kier molecular flexibility index (Phi) is 6.78. The molecule has 0 N–H and O–H groups in total. The highest BCUT2D eigenvalue weighted by molar-refractivity contribution is 5.75. The topological polar surface area (TPSA) is 20.3 Å². The second-order valence-electron chi connectivity index (χ2n) is 7.49. The monoisotopic (exact) mass is 371 g/mol. The van der Waals surface area contributed by atoms with Gasteiger partial charge in [0.05, 0.1) is 5.41 Å². The van der Waals surface area contributed by atoms with Crippen LogP contribution in [0, 0.1) is 0 Å². The molecule has 0 aliphatic rings. The van der Waals surface area contributed by atoms with Gasteiger partial charge in [-0.3, -0.25) is 4.90 Å². The van der Waals surface area contributed by atoms with Crippen LogP contribution in [-0.2, 0) is 10.2 Å². The molecule has 3 aromatic rings. The van der Waals surface area contributed by atoms with Crippen LogP contribution in [0.2, 0.25) is 0 Å². The van der Waals surface area contributed by atoms with Gasteiger partial charge < -0.3 is 4.79 Å². The van der Waals surface area contributed by atoms with Gasteiger partial charge in [0, 0.05) is 6.04 Å². The minimum Gasteiger partial charge on any atom is -0.302 e. The lowest BCUT2D eigenvalue weighted by Gasteiger charge is -2.31. The standard InChI is InChI=1S/C26H29NO/c1-22(23-13-6-3-7-14-23)27(2)20-12-19-26(21-28,24-15-8-4-9-16-24)25-17-10-5-11-18-25/h3-11,13-18,21-22H,12,19-20H2,1-2H3. The quantitative estimate of drug-likeness (QED) is 0.453. The van der Waals surface area contributed by atoms with Gasteiger partial charge in [0.25, 0.3) is 0 Å². The van der Waals surface area contributed by atoms with E-state index in [-0.39, 0.29) is 0 Å². The molecular formula is C26H29NO. The fraction of sp³-hybridized carbons (Fsp3) is 0.269. The van der Waals surface area contributed by atoms with Gasteiger partial charge in [-0.05, 0) is 50.0 Å². The molecule has 28 heavy (non-hydrogen) atoms. The summed E-state index contributed by atoms with van der Waals surface area (Å²) in [7, 11) is 2.16. The van der Waals surface area contributed by atoms with E-state index in [0.717, 1.165) is 36.8 Å². The van der Waals surface area contributed by atoms with Crippen molar-refractivity contribution in [1.82, 2.24) is 4.90 Å². The van der Waals surface area contributed by atoms with E-state index >= 15 is 0 Å². The van der Waals surface area contributed by atoms with Gasteiger partial charge in [0.2, 0.25) is 0 Å². The molecule has 2 nitrogen and oxygen atoms in total. The van der Waals surface area contributed by atoms with Crippen molar-refractivity contribution >= 4 is 6.29 Å². The molecule has 2 heteroatoms. The first-order valence-corrected chi connectivity index (χ1v) is 10.00. The predicted octanol–water partition coefficient (Wildman–Crippen LogP) is 5.64. The van der Waals surface area contributed by atoms with Gasteiger partial charge in [-0.1, -0.05) is 91.0 Å². The minimum atomic E-state index is -0.598. The first kappa shape index (κ1) is 20.0. The number of carbonyl (C=O) groups excluding carboxylic acids is 1. The zero-order chi connectivity index (χ0) is 19.8. The maximum absolute atomic E-state index is 12.4. The van der Waals surface area contributed by atoms with Gasteiger partial charge in [0.1, 0.15) is 6.29 Å². The molecule has 1 unspecified atom stereocenters. The van der Waals surface area contributed by atoms with Crippen molar-refractivity contribution in [2.24, 2.45) is 0 Å². The molecule has 0 bridgehead atoms. The summed E-state index contributed by atoms with van der Waals surface area (Å²) in [6.45, 7) is 3.17. The van der Waals surface area contributed by atoms with Gasteiger partial charge >= 0.3 is 0 Å². The van der Waals surface area contributed by atoms with E-state index in [0.29, 0.717) is 6.04 Å². The molecule has 0 saturated heterocycles. The van der Waals surface area contributed by atoms with Crippen molar-refractivity contribution in [3.05, 3.63) is 108 Å². The zero-order valence-electron chi connectivity index (χ0n) is 16.8. The Labute approximate surface area is 168 Å². The Balaban J connectivity index is 1.77. The third-order valence-electron chi connectivity index (χ3n) is 5.80. The lowest BCUT2D eigenvalue weighted by Crippen LogP contribution is -2.32. The lowest BCUT2D eigenvalue weighted by atomic mass is 9.72. The van der Waals surface area contributed by atoms with Crippen LogP contribution in [0.1, 0.15) is 42.5 Å². The molecule has 0 fully saturated rings. The molecule has 3 aromatic carbocycles. The summed E-state index contributed by atoms with van der Waals surface area (Å²) in [6, 6.07) is 31.2. The van der Waals surface area contributed by atoms with E-state index in [1.165, 1.54) is 5.56 Å². The summed E-state index contributed by atoms with van der Waals surface area (Å²) in [5, 5.41) is 0. The molecule has 0 radical (unpaired) electrons. The molecule has 3 rings (SSSR count). The number of rotatable bonds is 9. The van der Waals surface area contributed by atoms with Crippen LogP contribution < -0.4 is 0 Å². The molecule has 0 amide bonds. The summed E-state index contributed by atoms with van der Waals surface area (Å²) in [6.07, 6.45) is 2.87. The van der Waals surface area contributed by atoms with Crippen LogP contribution in [0.5, 0.6) is 0 Å². The van der Waals surface area contributed by atoms with E-state index in [2.05, 4.69) is 67.4 Å². The van der Waals surface area contributed by atoms with Crippen molar-refractivity contribution in [2.45, 2.75) is 31.2 Å². The number of hydrogen-bond acceptors (Lipinski definition) is 2. The van der Waals surface area contributed by atoms with Crippen molar-refractivity contribution in [2.75, 3.05) is 13.6 Å². The Morgan fingerprint density at radius 3 is 1.75 bits per heavy atom. The number of carbonyl (C=O) groups is 1. The Hall–Kier alpha value is -2.71. The van der Waals surface area contributed by atoms with E-state index in [9.17, 15) is 4.79 Å². The molecule has 144 valence electrons. The molecule has 0 aromatic heterocycles. The smallest absolute Gasteiger partial charge is 0.134 e. The number of nitrogens with zero attached hydrogens (tertiary/aromatic N) is 1. The summed E-state index contributed by atoms with van der Waals surface area (Å²) < 4.78 is 0. The number of hydrogen-bond donors (Lipinski definition) is 0. The van der Waals surface area contributed by atoms with Crippen molar-refractivity contribution in [3.8, 4) is 0 Å². The minimum absolute atomic E-state index is 0.347. The van der Waals surface area contributed by atoms with E-state index in [1.807, 2.05) is 42.5 Å². The Morgan fingerprint density at radius 2 is 1.29 bits per heavy atom. The van der Waals surface area contributed by atoms with E-state index < -0.39 is 5.41 Å². The van der Waals surface area contributed by atoms with Crippen molar-refractivity contribution in [3.63, 3.8) is 0 Å². The van der Waals surface area contributed by atoms with Crippen LogP contribution in [0.3, 0.4) is 0 Å². The van der Waals surface area contributed by atoms with Crippen LogP contribution in [-0.4, -0.2) is 24.8 Å². The van der Waals surface area contributed by atoms with Crippen molar-refractivity contribution in [1.29, 1.82) is 0 Å². The third kappa shape index (κ3) is 4.40. The largest absolute Gasteiger partial charge is 0.302 e. The van der Waals surface area contributed by atoms with Crippen molar-refractivity contribution < 1.29 is 4.79 Å². The van der Waals surface area contributed by atoms with Gasteiger partial charge in [-0.25, -0.2) is 0 Å². The zero-order valence-corrected chi connectivity index (χ0v) is 16.8. The van der Waals surface area contributed by atoms with Gasteiger partial charge in [-0.2, -0.15) is 0 Å². The van der Waals surface area contributed by atoms with Crippen LogP contribution in [0.4, 0.5) is 0 Å². The van der Waals surface area contributed by atoms with Gasteiger partial charge in [-0.15, -0.1) is 0 Å². The first-order chi connectivity index (χ1) is 13.7. The summed E-state index contributed by atoms with van der Waals surface area (Å²) >= 11 is 0. The normalized spacial score (nSPS) is 12.7. The van der Waals surface area contributed by atoms with E-state index in [1.54, 1.807) is 0 Å². The average Bonchev–Trinajstić information content (AvgIpc) is 2.78. The van der Waals surface area contributed by atoms with Gasteiger partial charge in [0.15, 0.2) is 0 Å². The summed E-state index contributed by atoms with van der Waals surface area (Å²) in [5.74, 6) is 0. The predicted molar refractivity (Wildman–Crippen MR) is 116 cm³/mol. The second kappa shape index (κ2) is 9.48. The molecule has 0 aliphatic carbocycles. The maximum atomic E-state index is 12.4. The molecule has 1 atom stereocenters. The Morgan fingerprint density at radius 1 is 0.821 bits per heavy atom. The fourth-order valence-corrected chi connectivity index (χ4v) is 3.91. The fourth-order valence-electron chi connectivity index (χ4n) is 3.91.